The van der Waals surface area contributed by atoms with E-state index in [1.807, 2.05) is 19.0 Å². The fraction of sp³-hybridized carbons (Fsp3) is 0.750. The highest BCUT2D eigenvalue weighted by Gasteiger charge is 2.33. The van der Waals surface area contributed by atoms with E-state index in [4.69, 9.17) is 0 Å². The summed E-state index contributed by atoms with van der Waals surface area (Å²) < 4.78 is 26.9. The van der Waals surface area contributed by atoms with Gasteiger partial charge in [-0.3, -0.25) is 5.10 Å². The quantitative estimate of drug-likeness (QED) is 0.844. The summed E-state index contributed by atoms with van der Waals surface area (Å²) in [5.74, 6) is 0. The Morgan fingerprint density at radius 1 is 1.32 bits per heavy atom. The lowest BCUT2D eigenvalue weighted by molar-refractivity contribution is 0.282. The molecule has 6 nitrogen and oxygen atoms in total. The average Bonchev–Trinajstić information content (AvgIpc) is 3.02. The largest absolute Gasteiger partial charge is 0.308 e. The molecule has 0 aliphatic heterocycles. The minimum absolute atomic E-state index is 0.139. The molecule has 1 saturated carbocycles. The van der Waals surface area contributed by atoms with Gasteiger partial charge in [0.25, 0.3) is 0 Å². The second-order valence-electron chi connectivity index (χ2n) is 5.29. The number of hydrogen-bond donors (Lipinski definition) is 1. The van der Waals surface area contributed by atoms with Crippen LogP contribution in [-0.2, 0) is 10.0 Å². The molecule has 1 aromatic rings. The molecule has 19 heavy (non-hydrogen) atoms. The Labute approximate surface area is 114 Å². The SMILES string of the molecule is CN(C)CCN(C1CCCC1)S(=O)(=O)c1cn[nH]c1. The highest BCUT2D eigenvalue weighted by atomic mass is 32.2. The molecular formula is C12H22N4O2S. The van der Waals surface area contributed by atoms with E-state index in [-0.39, 0.29) is 10.9 Å². The summed E-state index contributed by atoms with van der Waals surface area (Å²) in [7, 11) is 0.487. The van der Waals surface area contributed by atoms with Gasteiger partial charge in [-0.05, 0) is 26.9 Å². The van der Waals surface area contributed by atoms with Crippen LogP contribution in [0.25, 0.3) is 0 Å². The van der Waals surface area contributed by atoms with Crippen LogP contribution in [0, 0.1) is 0 Å². The zero-order valence-electron chi connectivity index (χ0n) is 11.5. The third-order valence-corrected chi connectivity index (χ3v) is 5.50. The van der Waals surface area contributed by atoms with Crippen LogP contribution in [0.4, 0.5) is 0 Å². The van der Waals surface area contributed by atoms with Crippen molar-refractivity contribution in [3.8, 4) is 0 Å². The van der Waals surface area contributed by atoms with Gasteiger partial charge in [-0.15, -0.1) is 0 Å². The fourth-order valence-electron chi connectivity index (χ4n) is 2.51. The number of aromatic amines is 1. The van der Waals surface area contributed by atoms with E-state index < -0.39 is 10.0 Å². The Morgan fingerprint density at radius 3 is 2.53 bits per heavy atom. The third kappa shape index (κ3) is 3.34. The molecule has 0 atom stereocenters. The molecule has 1 aliphatic rings. The number of rotatable bonds is 6. The van der Waals surface area contributed by atoms with Gasteiger partial charge in [0.15, 0.2) is 0 Å². The van der Waals surface area contributed by atoms with Gasteiger partial charge in [-0.25, -0.2) is 8.42 Å². The van der Waals surface area contributed by atoms with Crippen LogP contribution in [-0.4, -0.2) is 61.0 Å². The topological polar surface area (TPSA) is 69.3 Å². The van der Waals surface area contributed by atoms with Crippen LogP contribution in [0.5, 0.6) is 0 Å². The molecule has 0 spiro atoms. The van der Waals surface area contributed by atoms with Gasteiger partial charge in [-0.1, -0.05) is 12.8 Å². The van der Waals surface area contributed by atoms with Crippen molar-refractivity contribution in [3.05, 3.63) is 12.4 Å². The van der Waals surface area contributed by atoms with Crippen LogP contribution >= 0.6 is 0 Å². The second-order valence-corrected chi connectivity index (χ2v) is 7.18. The van der Waals surface area contributed by atoms with Gasteiger partial charge in [0.2, 0.25) is 10.0 Å². The second kappa shape index (κ2) is 6.02. The average molecular weight is 286 g/mol. The van der Waals surface area contributed by atoms with Gasteiger partial charge in [0.05, 0.1) is 6.20 Å². The lowest BCUT2D eigenvalue weighted by atomic mass is 10.2. The number of aromatic nitrogens is 2. The number of hydrogen-bond acceptors (Lipinski definition) is 4. The summed E-state index contributed by atoms with van der Waals surface area (Å²) in [6, 6.07) is 0.139. The maximum Gasteiger partial charge on any atom is 0.246 e. The molecule has 1 aliphatic carbocycles. The summed E-state index contributed by atoms with van der Waals surface area (Å²) in [6.45, 7) is 1.26. The normalized spacial score (nSPS) is 17.7. The summed E-state index contributed by atoms with van der Waals surface area (Å²) in [6.07, 6.45) is 6.99. The predicted molar refractivity (Wildman–Crippen MR) is 73.3 cm³/mol. The van der Waals surface area contributed by atoms with Crippen molar-refractivity contribution in [2.24, 2.45) is 0 Å². The predicted octanol–water partition coefficient (Wildman–Crippen LogP) is 0.905. The Morgan fingerprint density at radius 2 is 2.00 bits per heavy atom. The summed E-state index contributed by atoms with van der Waals surface area (Å²) >= 11 is 0. The number of nitrogens with zero attached hydrogens (tertiary/aromatic N) is 3. The van der Waals surface area contributed by atoms with Gasteiger partial charge < -0.3 is 4.90 Å². The van der Waals surface area contributed by atoms with E-state index in [1.165, 1.54) is 12.4 Å². The highest BCUT2D eigenvalue weighted by Crippen LogP contribution is 2.28. The van der Waals surface area contributed by atoms with E-state index in [2.05, 4.69) is 10.2 Å². The van der Waals surface area contributed by atoms with E-state index in [1.54, 1.807) is 4.31 Å². The first-order chi connectivity index (χ1) is 9.01. The smallest absolute Gasteiger partial charge is 0.246 e. The molecule has 1 heterocycles. The van der Waals surface area contributed by atoms with Crippen LogP contribution in [0.1, 0.15) is 25.7 Å². The molecule has 0 bridgehead atoms. The summed E-state index contributed by atoms with van der Waals surface area (Å²) in [5.41, 5.74) is 0. The Bertz CT molecular complexity index is 478. The molecule has 1 aromatic heterocycles. The fourth-order valence-corrected chi connectivity index (χ4v) is 4.09. The van der Waals surface area contributed by atoms with Gasteiger partial charge in [0, 0.05) is 25.3 Å². The summed E-state index contributed by atoms with van der Waals surface area (Å²) in [5, 5.41) is 6.33. The first-order valence-corrected chi connectivity index (χ1v) is 8.11. The molecule has 0 saturated heterocycles. The standard InChI is InChI=1S/C12H22N4O2S/c1-15(2)7-8-16(11-5-3-4-6-11)19(17,18)12-9-13-14-10-12/h9-11H,3-8H2,1-2H3,(H,13,14). The minimum Gasteiger partial charge on any atom is -0.308 e. The molecule has 7 heteroatoms. The maximum atomic E-state index is 12.6. The lowest BCUT2D eigenvalue weighted by Gasteiger charge is -2.28. The Balaban J connectivity index is 2.20. The number of sulfonamides is 1. The molecular weight excluding hydrogens is 264 g/mol. The molecule has 108 valence electrons. The van der Waals surface area contributed by atoms with Crippen LogP contribution in [0.15, 0.2) is 17.3 Å². The zero-order chi connectivity index (χ0) is 13.9. The van der Waals surface area contributed by atoms with Crippen molar-refractivity contribution in [2.75, 3.05) is 27.2 Å². The summed E-state index contributed by atoms with van der Waals surface area (Å²) in [4.78, 5) is 2.27. The van der Waals surface area contributed by atoms with Gasteiger partial charge in [-0.2, -0.15) is 9.40 Å². The van der Waals surface area contributed by atoms with Crippen molar-refractivity contribution in [1.82, 2.24) is 19.4 Å². The van der Waals surface area contributed by atoms with Crippen molar-refractivity contribution in [1.29, 1.82) is 0 Å². The van der Waals surface area contributed by atoms with E-state index in [0.717, 1.165) is 32.2 Å². The van der Waals surface area contributed by atoms with Gasteiger partial charge in [0.1, 0.15) is 4.90 Å². The van der Waals surface area contributed by atoms with Crippen LogP contribution in [0.3, 0.4) is 0 Å². The molecule has 1 N–H and O–H groups in total. The van der Waals surface area contributed by atoms with Crippen molar-refractivity contribution < 1.29 is 8.42 Å². The van der Waals surface area contributed by atoms with Crippen molar-refractivity contribution in [3.63, 3.8) is 0 Å². The molecule has 2 rings (SSSR count). The number of nitrogens with one attached hydrogen (secondary N) is 1. The van der Waals surface area contributed by atoms with E-state index in [9.17, 15) is 8.42 Å². The molecule has 0 amide bonds. The molecule has 1 fully saturated rings. The van der Waals surface area contributed by atoms with Gasteiger partial charge >= 0.3 is 0 Å². The lowest BCUT2D eigenvalue weighted by Crippen LogP contribution is -2.42. The first kappa shape index (κ1) is 14.5. The van der Waals surface area contributed by atoms with Crippen LogP contribution in [0.2, 0.25) is 0 Å². The Hall–Kier alpha value is -0.920. The van der Waals surface area contributed by atoms with Crippen molar-refractivity contribution in [2.45, 2.75) is 36.6 Å². The molecule has 0 aromatic carbocycles. The number of likely N-dealkylation sites (N-methyl/N-ethyl adjacent to an activating group) is 1. The van der Waals surface area contributed by atoms with Crippen molar-refractivity contribution >= 4 is 10.0 Å². The van der Waals surface area contributed by atoms with E-state index >= 15 is 0 Å². The zero-order valence-corrected chi connectivity index (χ0v) is 12.4. The first-order valence-electron chi connectivity index (χ1n) is 6.67. The minimum atomic E-state index is -3.42. The van der Waals surface area contributed by atoms with E-state index in [0.29, 0.717) is 6.54 Å². The molecule has 0 unspecified atom stereocenters. The highest BCUT2D eigenvalue weighted by molar-refractivity contribution is 7.89. The van der Waals surface area contributed by atoms with Crippen LogP contribution < -0.4 is 0 Å². The monoisotopic (exact) mass is 286 g/mol. The maximum absolute atomic E-state index is 12.6. The Kier molecular flexibility index (Phi) is 4.59. The molecule has 0 radical (unpaired) electrons. The third-order valence-electron chi connectivity index (χ3n) is 3.58. The number of H-pyrrole nitrogens is 1.